The van der Waals surface area contributed by atoms with E-state index < -0.39 is 0 Å². The lowest BCUT2D eigenvalue weighted by Gasteiger charge is -2.19. The largest absolute Gasteiger partial charge is 0.393 e. The number of carbonyl (C=O) groups is 1. The van der Waals surface area contributed by atoms with Gasteiger partial charge in [0.1, 0.15) is 0 Å². The predicted molar refractivity (Wildman–Crippen MR) is 66.6 cm³/mol. The molecular weight excluding hydrogens is 220 g/mol. The molecule has 1 aliphatic heterocycles. The zero-order chi connectivity index (χ0) is 11.7. The van der Waals surface area contributed by atoms with Crippen molar-refractivity contribution in [1.29, 1.82) is 0 Å². The molecule has 3 nitrogen and oxygen atoms in total. The SMILES string of the molecule is CC(C(=O)N1Cc2ccccc2C1)C(N)=S. The third kappa shape index (κ3) is 1.93. The summed E-state index contributed by atoms with van der Waals surface area (Å²) >= 11 is 4.85. The molecule has 1 aromatic carbocycles. The number of carbonyl (C=O) groups excluding carboxylic acids is 1. The number of rotatable bonds is 2. The van der Waals surface area contributed by atoms with Crippen molar-refractivity contribution >= 4 is 23.1 Å². The van der Waals surface area contributed by atoms with Crippen LogP contribution in [-0.2, 0) is 17.9 Å². The quantitative estimate of drug-likeness (QED) is 0.788. The molecule has 0 bridgehead atoms. The lowest BCUT2D eigenvalue weighted by atomic mass is 10.1. The zero-order valence-corrected chi connectivity index (χ0v) is 9.96. The highest BCUT2D eigenvalue weighted by Gasteiger charge is 2.27. The first-order valence-corrected chi connectivity index (χ1v) is 5.65. The van der Waals surface area contributed by atoms with E-state index in [1.165, 1.54) is 11.1 Å². The molecule has 0 aliphatic carbocycles. The van der Waals surface area contributed by atoms with Gasteiger partial charge in [0.05, 0.1) is 10.9 Å². The third-order valence-corrected chi connectivity index (χ3v) is 3.30. The second kappa shape index (κ2) is 4.22. The van der Waals surface area contributed by atoms with E-state index >= 15 is 0 Å². The van der Waals surface area contributed by atoms with Crippen LogP contribution in [0.25, 0.3) is 0 Å². The van der Waals surface area contributed by atoms with Gasteiger partial charge in [0, 0.05) is 13.1 Å². The molecule has 0 spiro atoms. The van der Waals surface area contributed by atoms with E-state index in [1.54, 1.807) is 11.8 Å². The number of nitrogens with zero attached hydrogens (tertiary/aromatic N) is 1. The molecule has 4 heteroatoms. The van der Waals surface area contributed by atoms with Crippen molar-refractivity contribution in [1.82, 2.24) is 4.90 Å². The van der Waals surface area contributed by atoms with Crippen LogP contribution in [0.3, 0.4) is 0 Å². The lowest BCUT2D eigenvalue weighted by Crippen LogP contribution is -2.36. The first-order chi connectivity index (χ1) is 7.59. The molecule has 0 saturated carbocycles. The van der Waals surface area contributed by atoms with E-state index in [4.69, 9.17) is 18.0 Å². The van der Waals surface area contributed by atoms with Gasteiger partial charge in [-0.25, -0.2) is 0 Å². The highest BCUT2D eigenvalue weighted by atomic mass is 32.1. The minimum atomic E-state index is -0.371. The Kier molecular flexibility index (Phi) is 2.92. The van der Waals surface area contributed by atoms with Gasteiger partial charge in [-0.2, -0.15) is 0 Å². The number of thiocarbonyl (C=S) groups is 1. The number of hydrogen-bond donors (Lipinski definition) is 1. The van der Waals surface area contributed by atoms with Gasteiger partial charge in [-0.05, 0) is 18.1 Å². The molecule has 0 radical (unpaired) electrons. The van der Waals surface area contributed by atoms with Crippen molar-refractivity contribution in [2.75, 3.05) is 0 Å². The first kappa shape index (κ1) is 11.1. The van der Waals surface area contributed by atoms with Crippen LogP contribution in [0.2, 0.25) is 0 Å². The Morgan fingerprint density at radius 3 is 2.31 bits per heavy atom. The van der Waals surface area contributed by atoms with Crippen molar-refractivity contribution < 1.29 is 4.79 Å². The van der Waals surface area contributed by atoms with E-state index in [-0.39, 0.29) is 16.8 Å². The fourth-order valence-corrected chi connectivity index (χ4v) is 1.99. The summed E-state index contributed by atoms with van der Waals surface area (Å²) in [5.74, 6) is -0.354. The van der Waals surface area contributed by atoms with Crippen LogP contribution in [-0.4, -0.2) is 15.8 Å². The third-order valence-electron chi connectivity index (χ3n) is 2.95. The molecule has 1 atom stereocenters. The maximum atomic E-state index is 12.0. The summed E-state index contributed by atoms with van der Waals surface area (Å²) < 4.78 is 0. The highest BCUT2D eigenvalue weighted by molar-refractivity contribution is 7.80. The molecule has 0 aromatic heterocycles. The molecule has 1 aliphatic rings. The van der Waals surface area contributed by atoms with Crippen molar-refractivity contribution in [2.45, 2.75) is 20.0 Å². The zero-order valence-electron chi connectivity index (χ0n) is 9.14. The molecule has 0 saturated heterocycles. The minimum absolute atomic E-state index is 0.0173. The van der Waals surface area contributed by atoms with Crippen LogP contribution >= 0.6 is 12.2 Å². The maximum absolute atomic E-state index is 12.0. The summed E-state index contributed by atoms with van der Waals surface area (Å²) in [7, 11) is 0. The van der Waals surface area contributed by atoms with Crippen LogP contribution < -0.4 is 5.73 Å². The number of benzene rings is 1. The van der Waals surface area contributed by atoms with Crippen molar-refractivity contribution in [3.63, 3.8) is 0 Å². The summed E-state index contributed by atoms with van der Waals surface area (Å²) in [6.45, 7) is 3.09. The van der Waals surface area contributed by atoms with E-state index in [0.717, 1.165) is 0 Å². The standard InChI is InChI=1S/C12H14N2OS/c1-8(11(13)16)12(15)14-6-9-4-2-3-5-10(9)7-14/h2-5,8H,6-7H2,1H3,(H2,13,16). The Bertz CT molecular complexity index is 419. The second-order valence-electron chi connectivity index (χ2n) is 4.09. The van der Waals surface area contributed by atoms with Gasteiger partial charge in [-0.1, -0.05) is 36.5 Å². The summed E-state index contributed by atoms with van der Waals surface area (Å²) in [6.07, 6.45) is 0. The number of hydrogen-bond acceptors (Lipinski definition) is 2. The van der Waals surface area contributed by atoms with Crippen LogP contribution in [0.1, 0.15) is 18.1 Å². The van der Waals surface area contributed by atoms with Gasteiger partial charge in [0.25, 0.3) is 0 Å². The molecule has 1 amide bonds. The van der Waals surface area contributed by atoms with E-state index in [2.05, 4.69) is 0 Å². The Hall–Kier alpha value is -1.42. The molecule has 84 valence electrons. The average Bonchev–Trinajstić information content (AvgIpc) is 2.70. The van der Waals surface area contributed by atoms with Gasteiger partial charge < -0.3 is 10.6 Å². The van der Waals surface area contributed by atoms with Gasteiger partial charge >= 0.3 is 0 Å². The molecule has 1 aromatic rings. The number of amides is 1. The van der Waals surface area contributed by atoms with E-state index in [0.29, 0.717) is 13.1 Å². The van der Waals surface area contributed by atoms with Gasteiger partial charge in [0.2, 0.25) is 5.91 Å². The first-order valence-electron chi connectivity index (χ1n) is 5.24. The molecule has 1 unspecified atom stereocenters. The predicted octanol–water partition coefficient (Wildman–Crippen LogP) is 1.45. The maximum Gasteiger partial charge on any atom is 0.232 e. The van der Waals surface area contributed by atoms with E-state index in [9.17, 15) is 4.79 Å². The monoisotopic (exact) mass is 234 g/mol. The van der Waals surface area contributed by atoms with Gasteiger partial charge in [-0.3, -0.25) is 4.79 Å². The van der Waals surface area contributed by atoms with Crippen LogP contribution in [0.5, 0.6) is 0 Å². The van der Waals surface area contributed by atoms with Crippen LogP contribution in [0.15, 0.2) is 24.3 Å². The van der Waals surface area contributed by atoms with Crippen LogP contribution in [0, 0.1) is 5.92 Å². The van der Waals surface area contributed by atoms with Gasteiger partial charge in [-0.15, -0.1) is 0 Å². The Labute approximate surface area is 100 Å². The highest BCUT2D eigenvalue weighted by Crippen LogP contribution is 2.23. The van der Waals surface area contributed by atoms with Crippen molar-refractivity contribution in [3.05, 3.63) is 35.4 Å². The molecule has 1 heterocycles. The molecule has 16 heavy (non-hydrogen) atoms. The van der Waals surface area contributed by atoms with Crippen LogP contribution in [0.4, 0.5) is 0 Å². The van der Waals surface area contributed by atoms with Crippen molar-refractivity contribution in [3.8, 4) is 0 Å². The topological polar surface area (TPSA) is 46.3 Å². The summed E-state index contributed by atoms with van der Waals surface area (Å²) in [5.41, 5.74) is 7.92. The number of fused-ring (bicyclic) bond motifs is 1. The molecule has 0 fully saturated rings. The smallest absolute Gasteiger partial charge is 0.232 e. The Morgan fingerprint density at radius 2 is 1.88 bits per heavy atom. The normalized spacial score (nSPS) is 15.7. The number of nitrogens with two attached hydrogens (primary N) is 1. The molecular formula is C12H14N2OS. The summed E-state index contributed by atoms with van der Waals surface area (Å²) in [6, 6.07) is 8.08. The molecule has 2 N–H and O–H groups in total. The minimum Gasteiger partial charge on any atom is -0.393 e. The average molecular weight is 234 g/mol. The second-order valence-corrected chi connectivity index (χ2v) is 4.56. The fraction of sp³-hybridized carbons (Fsp3) is 0.333. The van der Waals surface area contributed by atoms with Gasteiger partial charge in [0.15, 0.2) is 0 Å². The Balaban J connectivity index is 2.12. The van der Waals surface area contributed by atoms with E-state index in [1.807, 2.05) is 24.3 Å². The summed E-state index contributed by atoms with van der Waals surface area (Å²) in [4.78, 5) is 14.1. The molecule has 2 rings (SSSR count). The van der Waals surface area contributed by atoms with Crippen molar-refractivity contribution in [2.24, 2.45) is 11.7 Å². The fourth-order valence-electron chi connectivity index (χ4n) is 1.88. The summed E-state index contributed by atoms with van der Waals surface area (Å²) in [5, 5.41) is 0. The Morgan fingerprint density at radius 1 is 1.38 bits per heavy atom. The lowest BCUT2D eigenvalue weighted by molar-refractivity contribution is -0.133.